The molecule has 180 valence electrons. The number of hydrogen-bond acceptors (Lipinski definition) is 8. The topological polar surface area (TPSA) is 120 Å². The lowest BCUT2D eigenvalue weighted by molar-refractivity contribution is 0.0340. The van der Waals surface area contributed by atoms with Gasteiger partial charge in [-0.05, 0) is 34.9 Å². The Morgan fingerprint density at radius 1 is 1.14 bits per heavy atom. The van der Waals surface area contributed by atoms with Crippen molar-refractivity contribution in [3.8, 4) is 17.0 Å². The van der Waals surface area contributed by atoms with Crippen LogP contribution >= 0.6 is 0 Å². The summed E-state index contributed by atoms with van der Waals surface area (Å²) in [4.78, 5) is 24.1. The molecule has 0 bridgehead atoms. The van der Waals surface area contributed by atoms with Gasteiger partial charge in [0, 0.05) is 44.1 Å². The Labute approximate surface area is 202 Å². The molecule has 0 radical (unpaired) electrons. The quantitative estimate of drug-likeness (QED) is 0.419. The summed E-state index contributed by atoms with van der Waals surface area (Å²) in [7, 11) is 1.50. The maximum absolute atomic E-state index is 13.2. The zero-order chi connectivity index (χ0) is 24.2. The van der Waals surface area contributed by atoms with Gasteiger partial charge in [0.2, 0.25) is 11.8 Å². The summed E-state index contributed by atoms with van der Waals surface area (Å²) >= 11 is 0. The molecule has 0 atom stereocenters. The number of hydrogen-bond donors (Lipinski definition) is 2. The van der Waals surface area contributed by atoms with Crippen molar-refractivity contribution < 1.29 is 14.3 Å². The fraction of sp³-hybridized carbons (Fsp3) is 0.280. The highest BCUT2D eigenvalue weighted by atomic mass is 16.5. The number of nitrogen functional groups attached to an aromatic ring is 1. The van der Waals surface area contributed by atoms with Gasteiger partial charge in [0.05, 0.1) is 20.3 Å². The summed E-state index contributed by atoms with van der Waals surface area (Å²) in [6.07, 6.45) is 3.43. The Bertz CT molecular complexity index is 1350. The molecule has 1 aliphatic rings. The summed E-state index contributed by atoms with van der Waals surface area (Å²) in [5.41, 5.74) is 10.5. The van der Waals surface area contributed by atoms with E-state index in [-0.39, 0.29) is 17.7 Å². The number of morpholine rings is 1. The van der Waals surface area contributed by atoms with Gasteiger partial charge in [0.15, 0.2) is 5.65 Å². The Morgan fingerprint density at radius 2 is 1.94 bits per heavy atom. The molecule has 0 spiro atoms. The van der Waals surface area contributed by atoms with E-state index >= 15 is 0 Å². The third-order valence-corrected chi connectivity index (χ3v) is 6.03. The van der Waals surface area contributed by atoms with Gasteiger partial charge in [-0.15, -0.1) is 5.10 Å². The number of pyridine rings is 2. The predicted molar refractivity (Wildman–Crippen MR) is 131 cm³/mol. The number of ether oxygens (including phenoxy) is 2. The van der Waals surface area contributed by atoms with Crippen LogP contribution in [-0.4, -0.2) is 63.8 Å². The molecule has 1 aromatic carbocycles. The Morgan fingerprint density at radius 3 is 2.74 bits per heavy atom. The fourth-order valence-corrected chi connectivity index (χ4v) is 4.17. The van der Waals surface area contributed by atoms with Crippen molar-refractivity contribution in [2.75, 3.05) is 39.1 Å². The summed E-state index contributed by atoms with van der Waals surface area (Å²) in [6.45, 7) is 4.54. The van der Waals surface area contributed by atoms with E-state index < -0.39 is 0 Å². The molecule has 10 nitrogen and oxygen atoms in total. The zero-order valence-corrected chi connectivity index (χ0v) is 19.5. The van der Waals surface area contributed by atoms with Crippen LogP contribution in [0.25, 0.3) is 16.8 Å². The van der Waals surface area contributed by atoms with E-state index in [0.717, 1.165) is 49.5 Å². The van der Waals surface area contributed by atoms with Crippen molar-refractivity contribution in [2.24, 2.45) is 0 Å². The molecule has 5 rings (SSSR count). The molecule has 10 heteroatoms. The van der Waals surface area contributed by atoms with Crippen LogP contribution in [-0.2, 0) is 17.8 Å². The van der Waals surface area contributed by atoms with E-state index in [1.165, 1.54) is 12.7 Å². The highest BCUT2D eigenvalue weighted by molar-refractivity contribution is 5.97. The molecule has 4 heterocycles. The normalized spacial score (nSPS) is 14.2. The third-order valence-electron chi connectivity index (χ3n) is 6.03. The number of benzene rings is 1. The SMILES string of the molecule is COc1ncc(-c2ccn3nc(N)nc3c2)cc1C(=O)NCc1ccccc1CN1CCOCC1. The maximum atomic E-state index is 13.2. The summed E-state index contributed by atoms with van der Waals surface area (Å²) in [6, 6.07) is 13.6. The number of nitrogens with one attached hydrogen (secondary N) is 1. The second-order valence-electron chi connectivity index (χ2n) is 8.31. The van der Waals surface area contributed by atoms with Gasteiger partial charge in [0.25, 0.3) is 5.91 Å². The fourth-order valence-electron chi connectivity index (χ4n) is 4.17. The van der Waals surface area contributed by atoms with E-state index in [4.69, 9.17) is 15.2 Å². The van der Waals surface area contributed by atoms with Crippen molar-refractivity contribution in [3.05, 3.63) is 71.5 Å². The number of carbonyl (C=O) groups excluding carboxylic acids is 1. The average molecular weight is 474 g/mol. The lowest BCUT2D eigenvalue weighted by atomic mass is 10.1. The average Bonchev–Trinajstić information content (AvgIpc) is 3.27. The molecule has 1 amide bonds. The Balaban J connectivity index is 1.34. The first kappa shape index (κ1) is 22.8. The number of aromatic nitrogens is 4. The number of amides is 1. The summed E-state index contributed by atoms with van der Waals surface area (Å²) in [5.74, 6) is 0.204. The van der Waals surface area contributed by atoms with Crippen LogP contribution in [0, 0.1) is 0 Å². The zero-order valence-electron chi connectivity index (χ0n) is 19.5. The minimum Gasteiger partial charge on any atom is -0.480 e. The lowest BCUT2D eigenvalue weighted by Gasteiger charge is -2.27. The van der Waals surface area contributed by atoms with E-state index in [1.807, 2.05) is 30.3 Å². The molecule has 35 heavy (non-hydrogen) atoms. The largest absolute Gasteiger partial charge is 0.480 e. The van der Waals surface area contributed by atoms with Crippen LogP contribution in [0.4, 0.5) is 5.95 Å². The van der Waals surface area contributed by atoms with Gasteiger partial charge in [-0.1, -0.05) is 24.3 Å². The molecule has 4 aromatic rings. The van der Waals surface area contributed by atoms with Gasteiger partial charge in [0.1, 0.15) is 5.56 Å². The lowest BCUT2D eigenvalue weighted by Crippen LogP contribution is -2.36. The van der Waals surface area contributed by atoms with Gasteiger partial charge >= 0.3 is 0 Å². The minimum absolute atomic E-state index is 0.198. The van der Waals surface area contributed by atoms with Crippen molar-refractivity contribution in [1.82, 2.24) is 29.8 Å². The number of methoxy groups -OCH3 is 1. The van der Waals surface area contributed by atoms with Crippen LogP contribution in [0.2, 0.25) is 0 Å². The van der Waals surface area contributed by atoms with E-state index in [0.29, 0.717) is 17.8 Å². The molecule has 1 aliphatic heterocycles. The van der Waals surface area contributed by atoms with Gasteiger partial charge in [-0.3, -0.25) is 9.69 Å². The van der Waals surface area contributed by atoms with E-state index in [9.17, 15) is 4.79 Å². The predicted octanol–water partition coefficient (Wildman–Crippen LogP) is 2.14. The van der Waals surface area contributed by atoms with Crippen LogP contribution in [0.5, 0.6) is 5.88 Å². The van der Waals surface area contributed by atoms with Crippen molar-refractivity contribution in [1.29, 1.82) is 0 Å². The van der Waals surface area contributed by atoms with Crippen LogP contribution in [0.15, 0.2) is 54.9 Å². The standard InChI is InChI=1S/C25H27N7O3/c1-34-24-21(12-20(15-28-24)17-6-7-32-22(13-17)29-25(26)30-32)23(33)27-14-18-4-2-3-5-19(18)16-31-8-10-35-11-9-31/h2-7,12-13,15H,8-11,14,16H2,1H3,(H2,26,30)(H,27,33). The van der Waals surface area contributed by atoms with Crippen LogP contribution < -0.4 is 15.8 Å². The Hall–Kier alpha value is -4.02. The number of fused-ring (bicyclic) bond motifs is 1. The molecular formula is C25H27N7O3. The van der Waals surface area contributed by atoms with E-state index in [2.05, 4.69) is 31.3 Å². The second-order valence-corrected chi connectivity index (χ2v) is 8.31. The number of carbonyl (C=O) groups is 1. The number of anilines is 1. The van der Waals surface area contributed by atoms with Gasteiger partial charge in [-0.2, -0.15) is 4.98 Å². The van der Waals surface area contributed by atoms with Crippen LogP contribution in [0.1, 0.15) is 21.5 Å². The molecule has 0 saturated carbocycles. The third kappa shape index (κ3) is 5.08. The molecule has 1 fully saturated rings. The highest BCUT2D eigenvalue weighted by Crippen LogP contribution is 2.25. The minimum atomic E-state index is -0.259. The van der Waals surface area contributed by atoms with Crippen molar-refractivity contribution >= 4 is 17.5 Å². The summed E-state index contributed by atoms with van der Waals surface area (Å²) < 4.78 is 12.4. The van der Waals surface area contributed by atoms with Gasteiger partial charge < -0.3 is 20.5 Å². The first-order chi connectivity index (χ1) is 17.1. The maximum Gasteiger partial charge on any atom is 0.257 e. The van der Waals surface area contributed by atoms with E-state index in [1.54, 1.807) is 23.0 Å². The number of nitrogens with two attached hydrogens (primary N) is 1. The number of nitrogens with zero attached hydrogens (tertiary/aromatic N) is 5. The first-order valence-electron chi connectivity index (χ1n) is 11.4. The molecule has 0 aliphatic carbocycles. The molecule has 3 N–H and O–H groups in total. The Kier molecular flexibility index (Phi) is 6.55. The molecule has 0 unspecified atom stereocenters. The number of rotatable bonds is 7. The smallest absolute Gasteiger partial charge is 0.257 e. The second kappa shape index (κ2) is 10.1. The van der Waals surface area contributed by atoms with Crippen LogP contribution in [0.3, 0.4) is 0 Å². The molecule has 1 saturated heterocycles. The monoisotopic (exact) mass is 473 g/mol. The first-order valence-corrected chi connectivity index (χ1v) is 11.4. The highest BCUT2D eigenvalue weighted by Gasteiger charge is 2.17. The van der Waals surface area contributed by atoms with Crippen molar-refractivity contribution in [3.63, 3.8) is 0 Å². The molecular weight excluding hydrogens is 446 g/mol. The van der Waals surface area contributed by atoms with Crippen molar-refractivity contribution in [2.45, 2.75) is 13.1 Å². The van der Waals surface area contributed by atoms with Gasteiger partial charge in [-0.25, -0.2) is 9.50 Å². The summed E-state index contributed by atoms with van der Waals surface area (Å²) in [5, 5.41) is 7.13. The molecule has 3 aromatic heterocycles.